The Morgan fingerprint density at radius 1 is 1.50 bits per heavy atom. The Kier molecular flexibility index (Phi) is 2.47. The highest BCUT2D eigenvalue weighted by Gasteiger charge is 2.23. The molecule has 0 bridgehead atoms. The minimum Gasteiger partial charge on any atom is -0.202 e. The zero-order valence-corrected chi connectivity index (χ0v) is 6.47. The molecule has 1 aliphatic rings. The Morgan fingerprint density at radius 3 is 2.60 bits per heavy atom. The van der Waals surface area contributed by atoms with Gasteiger partial charge in [-0.3, -0.25) is 0 Å². The van der Waals surface area contributed by atoms with Crippen molar-refractivity contribution >= 4 is 11.3 Å². The maximum atomic E-state index is 6.50. The van der Waals surface area contributed by atoms with Gasteiger partial charge in [0.25, 0.3) is 0 Å². The zero-order valence-electron chi connectivity index (χ0n) is 5.66. The molecule has 1 aromatic rings. The fraction of sp³-hybridized carbons (Fsp3) is 0.375. The predicted molar refractivity (Wildman–Crippen MR) is 43.0 cm³/mol. The van der Waals surface area contributed by atoms with Crippen molar-refractivity contribution in [3.8, 4) is 6.57 Å². The molecule has 0 amide bonds. The Labute approximate surface area is 64.9 Å². The second kappa shape index (κ2) is 3.38. The summed E-state index contributed by atoms with van der Waals surface area (Å²) in [5, 5.41) is 8.66. The number of nitriles is 1. The Balaban J connectivity index is 0.000000231. The average molecular weight is 151 g/mol. The fourth-order valence-electron chi connectivity index (χ4n) is 0.891. The van der Waals surface area contributed by atoms with Gasteiger partial charge in [0.2, 0.25) is 0 Å². The number of thiophene rings is 1. The van der Waals surface area contributed by atoms with Gasteiger partial charge < -0.3 is 0 Å². The first-order valence-corrected chi connectivity index (χ1v) is 4.14. The van der Waals surface area contributed by atoms with E-state index in [1.807, 2.05) is 11.3 Å². The molecule has 0 radical (unpaired) electrons. The van der Waals surface area contributed by atoms with Gasteiger partial charge in [-0.25, -0.2) is 5.26 Å². The van der Waals surface area contributed by atoms with Gasteiger partial charge in [-0.1, -0.05) is 6.07 Å². The Bertz CT molecular complexity index is 196. The van der Waals surface area contributed by atoms with Crippen LogP contribution in [-0.2, 0) is 0 Å². The molecule has 1 nitrogen and oxygen atoms in total. The summed E-state index contributed by atoms with van der Waals surface area (Å²) in [6, 6.07) is 4.38. The van der Waals surface area contributed by atoms with Crippen LogP contribution in [0.25, 0.3) is 0 Å². The maximum absolute atomic E-state index is 6.50. The van der Waals surface area contributed by atoms with E-state index in [1.54, 1.807) is 4.88 Å². The van der Waals surface area contributed by atoms with Crippen molar-refractivity contribution in [1.82, 2.24) is 0 Å². The quantitative estimate of drug-likeness (QED) is 0.605. The van der Waals surface area contributed by atoms with Crippen LogP contribution in [0.2, 0.25) is 0 Å². The molecule has 52 valence electrons. The van der Waals surface area contributed by atoms with Gasteiger partial charge in [0.1, 0.15) is 0 Å². The largest absolute Gasteiger partial charge is 0.202 e. The number of nitrogens with zero attached hydrogens (tertiary/aromatic N) is 1. The highest BCUT2D eigenvalue weighted by molar-refractivity contribution is 7.10. The van der Waals surface area contributed by atoms with E-state index in [1.165, 1.54) is 12.8 Å². The topological polar surface area (TPSA) is 23.8 Å². The molecular formula is C8H9NS. The maximum Gasteiger partial charge on any atom is 0.0462 e. The molecule has 0 unspecified atom stereocenters. The van der Waals surface area contributed by atoms with Crippen molar-refractivity contribution in [2.24, 2.45) is 0 Å². The van der Waals surface area contributed by atoms with Gasteiger partial charge in [0, 0.05) is 11.4 Å². The molecule has 10 heavy (non-hydrogen) atoms. The van der Waals surface area contributed by atoms with Crippen molar-refractivity contribution in [3.63, 3.8) is 0 Å². The van der Waals surface area contributed by atoms with Crippen molar-refractivity contribution in [3.05, 3.63) is 22.4 Å². The van der Waals surface area contributed by atoms with Crippen molar-refractivity contribution in [2.75, 3.05) is 0 Å². The summed E-state index contributed by atoms with van der Waals surface area (Å²) < 4.78 is 0. The van der Waals surface area contributed by atoms with Crippen LogP contribution < -0.4 is 0 Å². The molecule has 0 spiro atoms. The fourth-order valence-corrected chi connectivity index (χ4v) is 1.79. The first kappa shape index (κ1) is 7.30. The van der Waals surface area contributed by atoms with Crippen LogP contribution >= 0.6 is 11.3 Å². The lowest BCUT2D eigenvalue weighted by molar-refractivity contribution is 1.18. The monoisotopic (exact) mass is 151 g/mol. The smallest absolute Gasteiger partial charge is 0.0462 e. The van der Waals surface area contributed by atoms with Crippen LogP contribution in [0.1, 0.15) is 23.6 Å². The first-order valence-electron chi connectivity index (χ1n) is 3.26. The first-order chi connectivity index (χ1) is 4.97. The summed E-state index contributed by atoms with van der Waals surface area (Å²) in [4.78, 5) is 1.59. The summed E-state index contributed by atoms with van der Waals surface area (Å²) in [5.41, 5.74) is 0. The molecule has 1 heterocycles. The highest BCUT2D eigenvalue weighted by Crippen LogP contribution is 2.41. The van der Waals surface area contributed by atoms with E-state index < -0.39 is 0 Å². The molecule has 0 atom stereocenters. The van der Waals surface area contributed by atoms with E-state index in [2.05, 4.69) is 24.1 Å². The van der Waals surface area contributed by atoms with Gasteiger partial charge in [-0.05, 0) is 30.2 Å². The molecule has 1 saturated carbocycles. The molecule has 2 heteroatoms. The zero-order chi connectivity index (χ0) is 7.40. The molecule has 0 aliphatic heterocycles. The van der Waals surface area contributed by atoms with E-state index >= 15 is 0 Å². The Morgan fingerprint density at radius 2 is 2.20 bits per heavy atom. The molecule has 0 saturated heterocycles. The van der Waals surface area contributed by atoms with Crippen LogP contribution in [0.4, 0.5) is 0 Å². The third kappa shape index (κ3) is 1.58. The van der Waals surface area contributed by atoms with E-state index in [-0.39, 0.29) is 0 Å². The SMILES string of the molecule is C#N.c1csc(C2CC2)c1. The van der Waals surface area contributed by atoms with Gasteiger partial charge in [0.15, 0.2) is 0 Å². The van der Waals surface area contributed by atoms with E-state index in [0.717, 1.165) is 5.92 Å². The van der Waals surface area contributed by atoms with Crippen molar-refractivity contribution in [2.45, 2.75) is 18.8 Å². The van der Waals surface area contributed by atoms with Crippen LogP contribution in [0.15, 0.2) is 17.5 Å². The highest BCUT2D eigenvalue weighted by atomic mass is 32.1. The molecule has 2 rings (SSSR count). The van der Waals surface area contributed by atoms with Crippen LogP contribution in [0.3, 0.4) is 0 Å². The van der Waals surface area contributed by atoms with E-state index in [4.69, 9.17) is 5.26 Å². The lowest BCUT2D eigenvalue weighted by Gasteiger charge is -1.82. The normalized spacial score (nSPS) is 15.4. The minimum atomic E-state index is 0.954. The third-order valence-electron chi connectivity index (χ3n) is 1.52. The molecule has 1 fully saturated rings. The molecule has 0 N–H and O–H groups in total. The van der Waals surface area contributed by atoms with Crippen LogP contribution in [0.5, 0.6) is 0 Å². The average Bonchev–Trinajstić information content (AvgIpc) is 2.72. The van der Waals surface area contributed by atoms with E-state index in [9.17, 15) is 0 Å². The standard InChI is InChI=1S/C7H8S.CHN/c1-2-7(8-5-1)6-3-4-6;1-2/h1-2,5-6H,3-4H2;1H. The molecule has 0 aromatic carbocycles. The minimum absolute atomic E-state index is 0.954. The van der Waals surface area contributed by atoms with Crippen LogP contribution in [-0.4, -0.2) is 0 Å². The van der Waals surface area contributed by atoms with Gasteiger partial charge in [-0.2, -0.15) is 0 Å². The second-order valence-corrected chi connectivity index (χ2v) is 3.27. The predicted octanol–water partition coefficient (Wildman–Crippen LogP) is 2.77. The van der Waals surface area contributed by atoms with Gasteiger partial charge >= 0.3 is 0 Å². The van der Waals surface area contributed by atoms with Crippen molar-refractivity contribution in [1.29, 1.82) is 5.26 Å². The van der Waals surface area contributed by atoms with E-state index in [0.29, 0.717) is 0 Å². The second-order valence-electron chi connectivity index (χ2n) is 2.29. The Hall–Kier alpha value is -0.810. The number of hydrogen-bond donors (Lipinski definition) is 0. The molecular weight excluding hydrogens is 142 g/mol. The molecule has 1 aliphatic carbocycles. The number of rotatable bonds is 1. The van der Waals surface area contributed by atoms with Gasteiger partial charge in [0.05, 0.1) is 0 Å². The summed E-state index contributed by atoms with van der Waals surface area (Å²) in [6.07, 6.45) is 2.86. The third-order valence-corrected chi connectivity index (χ3v) is 2.56. The lowest BCUT2D eigenvalue weighted by atomic mass is 10.3. The summed E-state index contributed by atoms with van der Waals surface area (Å²) >= 11 is 1.89. The van der Waals surface area contributed by atoms with Crippen molar-refractivity contribution < 1.29 is 0 Å². The van der Waals surface area contributed by atoms with Crippen LogP contribution in [0, 0.1) is 11.8 Å². The van der Waals surface area contributed by atoms with Gasteiger partial charge in [-0.15, -0.1) is 11.3 Å². The lowest BCUT2D eigenvalue weighted by Crippen LogP contribution is -1.62. The summed E-state index contributed by atoms with van der Waals surface area (Å²) in [5.74, 6) is 0.954. The summed E-state index contributed by atoms with van der Waals surface area (Å²) in [6.45, 7) is 3.50. The molecule has 1 aromatic heterocycles. The number of hydrogen-bond acceptors (Lipinski definition) is 2. The summed E-state index contributed by atoms with van der Waals surface area (Å²) in [7, 11) is 0.